The van der Waals surface area contributed by atoms with Crippen LogP contribution in [0.3, 0.4) is 0 Å². The fourth-order valence-corrected chi connectivity index (χ4v) is 4.45. The SMILES string of the molecule is CN(C)C(CNC(=O)c1ccccc1SCc1cccs1)c1ccco1. The Morgan fingerprint density at radius 1 is 1.19 bits per heavy atom. The number of hydrogen-bond acceptors (Lipinski definition) is 5. The molecule has 0 aliphatic heterocycles. The molecule has 0 radical (unpaired) electrons. The van der Waals surface area contributed by atoms with Crippen molar-refractivity contribution in [1.29, 1.82) is 0 Å². The minimum Gasteiger partial charge on any atom is -0.468 e. The molecule has 3 aromatic rings. The molecule has 1 atom stereocenters. The molecule has 0 saturated heterocycles. The van der Waals surface area contributed by atoms with E-state index in [2.05, 4.69) is 22.8 Å². The third kappa shape index (κ3) is 4.78. The van der Waals surface area contributed by atoms with Crippen LogP contribution in [-0.4, -0.2) is 31.4 Å². The largest absolute Gasteiger partial charge is 0.468 e. The van der Waals surface area contributed by atoms with Crippen molar-refractivity contribution in [2.75, 3.05) is 20.6 Å². The smallest absolute Gasteiger partial charge is 0.252 e. The minimum absolute atomic E-state index is 0.000107. The lowest BCUT2D eigenvalue weighted by Gasteiger charge is -2.22. The molecule has 0 saturated carbocycles. The quantitative estimate of drug-likeness (QED) is 0.572. The summed E-state index contributed by atoms with van der Waals surface area (Å²) in [4.78, 5) is 17.1. The molecule has 136 valence electrons. The predicted octanol–water partition coefficient (Wildman–Crippen LogP) is 4.67. The molecule has 6 heteroatoms. The maximum atomic E-state index is 12.8. The van der Waals surface area contributed by atoms with Crippen LogP contribution >= 0.6 is 23.1 Å². The Kier molecular flexibility index (Phi) is 6.55. The lowest BCUT2D eigenvalue weighted by molar-refractivity contribution is 0.0936. The van der Waals surface area contributed by atoms with E-state index in [4.69, 9.17) is 4.42 Å². The first-order valence-electron chi connectivity index (χ1n) is 8.37. The van der Waals surface area contributed by atoms with Crippen LogP contribution in [0.15, 0.2) is 69.5 Å². The average molecular weight is 387 g/mol. The Labute approximate surface area is 162 Å². The van der Waals surface area contributed by atoms with Gasteiger partial charge in [-0.05, 0) is 49.8 Å². The van der Waals surface area contributed by atoms with Gasteiger partial charge in [-0.1, -0.05) is 18.2 Å². The molecule has 26 heavy (non-hydrogen) atoms. The van der Waals surface area contributed by atoms with Gasteiger partial charge in [0.2, 0.25) is 0 Å². The van der Waals surface area contributed by atoms with Gasteiger partial charge in [-0.15, -0.1) is 23.1 Å². The Morgan fingerprint density at radius 3 is 2.73 bits per heavy atom. The van der Waals surface area contributed by atoms with Crippen molar-refractivity contribution in [2.24, 2.45) is 0 Å². The molecule has 0 bridgehead atoms. The van der Waals surface area contributed by atoms with Gasteiger partial charge in [-0.3, -0.25) is 9.69 Å². The highest BCUT2D eigenvalue weighted by atomic mass is 32.2. The number of hydrogen-bond donors (Lipinski definition) is 1. The first kappa shape index (κ1) is 18.8. The van der Waals surface area contributed by atoms with Gasteiger partial charge in [-0.25, -0.2) is 0 Å². The van der Waals surface area contributed by atoms with Gasteiger partial charge in [-0.2, -0.15) is 0 Å². The minimum atomic E-state index is -0.0577. The van der Waals surface area contributed by atoms with Crippen LogP contribution in [0, 0.1) is 0 Å². The van der Waals surface area contributed by atoms with E-state index in [1.54, 1.807) is 29.4 Å². The molecule has 2 heterocycles. The molecule has 0 aliphatic rings. The number of carbonyl (C=O) groups is 1. The van der Waals surface area contributed by atoms with Crippen molar-refractivity contribution in [2.45, 2.75) is 16.7 Å². The van der Waals surface area contributed by atoms with Crippen LogP contribution < -0.4 is 5.32 Å². The first-order chi connectivity index (χ1) is 12.6. The van der Waals surface area contributed by atoms with E-state index in [0.29, 0.717) is 12.1 Å². The summed E-state index contributed by atoms with van der Waals surface area (Å²) in [6.07, 6.45) is 1.66. The van der Waals surface area contributed by atoms with E-state index in [1.165, 1.54) is 4.88 Å². The van der Waals surface area contributed by atoms with Crippen LogP contribution in [0.1, 0.15) is 27.0 Å². The summed E-state index contributed by atoms with van der Waals surface area (Å²) in [5.41, 5.74) is 0.714. The van der Waals surface area contributed by atoms with Gasteiger partial charge < -0.3 is 9.73 Å². The fraction of sp³-hybridized carbons (Fsp3) is 0.250. The third-order valence-corrected chi connectivity index (χ3v) is 6.21. The topological polar surface area (TPSA) is 45.5 Å². The molecule has 3 rings (SSSR count). The molecular weight excluding hydrogens is 364 g/mol. The molecule has 4 nitrogen and oxygen atoms in total. The second-order valence-electron chi connectivity index (χ2n) is 6.07. The monoisotopic (exact) mass is 386 g/mol. The number of thioether (sulfide) groups is 1. The number of amides is 1. The highest BCUT2D eigenvalue weighted by Gasteiger charge is 2.19. The van der Waals surface area contributed by atoms with E-state index in [9.17, 15) is 4.79 Å². The maximum Gasteiger partial charge on any atom is 0.252 e. The molecule has 1 N–H and O–H groups in total. The molecule has 1 unspecified atom stereocenters. The van der Waals surface area contributed by atoms with E-state index < -0.39 is 0 Å². The van der Waals surface area contributed by atoms with Crippen LogP contribution in [0.25, 0.3) is 0 Å². The summed E-state index contributed by atoms with van der Waals surface area (Å²) in [6.45, 7) is 0.489. The Bertz CT molecular complexity index is 814. The van der Waals surface area contributed by atoms with Crippen LogP contribution in [0.2, 0.25) is 0 Å². The zero-order chi connectivity index (χ0) is 18.4. The number of rotatable bonds is 8. The van der Waals surface area contributed by atoms with Crippen LogP contribution in [0.5, 0.6) is 0 Å². The number of carbonyl (C=O) groups excluding carboxylic acids is 1. The third-order valence-electron chi connectivity index (χ3n) is 4.03. The Hall–Kier alpha value is -2.02. The molecule has 0 fully saturated rings. The Balaban J connectivity index is 1.65. The molecule has 0 spiro atoms. The van der Waals surface area contributed by atoms with Crippen molar-refractivity contribution in [1.82, 2.24) is 10.2 Å². The predicted molar refractivity (Wildman–Crippen MR) is 108 cm³/mol. The molecular formula is C20H22N2O2S2. The highest BCUT2D eigenvalue weighted by molar-refractivity contribution is 7.98. The number of thiophene rings is 1. The van der Waals surface area contributed by atoms with E-state index in [0.717, 1.165) is 16.4 Å². The summed E-state index contributed by atoms with van der Waals surface area (Å²) >= 11 is 3.43. The Morgan fingerprint density at radius 2 is 2.04 bits per heavy atom. The number of nitrogens with zero attached hydrogens (tertiary/aromatic N) is 1. The molecule has 1 aromatic carbocycles. The second kappa shape index (κ2) is 9.07. The molecule has 0 aliphatic carbocycles. The van der Waals surface area contributed by atoms with Crippen molar-refractivity contribution in [3.8, 4) is 0 Å². The molecule has 1 amide bonds. The van der Waals surface area contributed by atoms with Gasteiger partial charge in [0, 0.05) is 22.1 Å². The van der Waals surface area contributed by atoms with Gasteiger partial charge in [0.1, 0.15) is 5.76 Å². The fourth-order valence-electron chi connectivity index (χ4n) is 2.63. The van der Waals surface area contributed by atoms with Gasteiger partial charge in [0.15, 0.2) is 0 Å². The number of benzene rings is 1. The van der Waals surface area contributed by atoms with Crippen molar-refractivity contribution in [3.63, 3.8) is 0 Å². The maximum absolute atomic E-state index is 12.8. The normalized spacial score (nSPS) is 12.3. The van der Waals surface area contributed by atoms with E-state index in [-0.39, 0.29) is 11.9 Å². The first-order valence-corrected chi connectivity index (χ1v) is 10.2. The van der Waals surface area contributed by atoms with E-state index in [1.807, 2.05) is 55.4 Å². The van der Waals surface area contributed by atoms with Crippen LogP contribution in [-0.2, 0) is 5.75 Å². The summed E-state index contributed by atoms with van der Waals surface area (Å²) in [7, 11) is 3.95. The number of furan rings is 1. The zero-order valence-electron chi connectivity index (χ0n) is 14.8. The number of likely N-dealkylation sites (N-methyl/N-ethyl adjacent to an activating group) is 1. The van der Waals surface area contributed by atoms with Crippen molar-refractivity contribution < 1.29 is 9.21 Å². The highest BCUT2D eigenvalue weighted by Crippen LogP contribution is 2.28. The van der Waals surface area contributed by atoms with Gasteiger partial charge in [0.25, 0.3) is 5.91 Å². The van der Waals surface area contributed by atoms with Gasteiger partial charge in [0.05, 0.1) is 17.9 Å². The lowest BCUT2D eigenvalue weighted by atomic mass is 10.1. The number of nitrogens with one attached hydrogen (secondary N) is 1. The summed E-state index contributed by atoms with van der Waals surface area (Å²) < 4.78 is 5.50. The standard InChI is InChI=1S/C20H22N2O2S2/c1-22(2)17(18-9-5-11-24-18)13-21-20(23)16-8-3-4-10-19(16)26-14-15-7-6-12-25-15/h3-12,17H,13-14H2,1-2H3,(H,21,23). The van der Waals surface area contributed by atoms with Gasteiger partial charge >= 0.3 is 0 Å². The zero-order valence-corrected chi connectivity index (χ0v) is 16.5. The summed E-state index contributed by atoms with van der Waals surface area (Å²) in [5, 5.41) is 5.12. The summed E-state index contributed by atoms with van der Waals surface area (Å²) in [6, 6.07) is 15.7. The van der Waals surface area contributed by atoms with Crippen molar-refractivity contribution in [3.05, 3.63) is 76.4 Å². The molecule has 2 aromatic heterocycles. The average Bonchev–Trinajstić information content (AvgIpc) is 3.34. The van der Waals surface area contributed by atoms with Crippen molar-refractivity contribution >= 4 is 29.0 Å². The second-order valence-corrected chi connectivity index (χ2v) is 8.12. The van der Waals surface area contributed by atoms with Crippen LogP contribution in [0.4, 0.5) is 0 Å². The summed E-state index contributed by atoms with van der Waals surface area (Å²) in [5.74, 6) is 1.66. The van der Waals surface area contributed by atoms with E-state index >= 15 is 0 Å². The lowest BCUT2D eigenvalue weighted by Crippen LogP contribution is -2.34.